The van der Waals surface area contributed by atoms with Gasteiger partial charge in [-0.1, -0.05) is 31.9 Å². The van der Waals surface area contributed by atoms with Crippen molar-refractivity contribution < 1.29 is 18.0 Å². The van der Waals surface area contributed by atoms with E-state index in [1.807, 2.05) is 31.2 Å². The number of aryl methyl sites for hydroxylation is 1. The van der Waals surface area contributed by atoms with Gasteiger partial charge < -0.3 is 15.5 Å². The number of primary sulfonamides is 1. The van der Waals surface area contributed by atoms with E-state index >= 15 is 0 Å². The highest BCUT2D eigenvalue weighted by atomic mass is 32.2. The summed E-state index contributed by atoms with van der Waals surface area (Å²) in [5.41, 5.74) is 2.50. The molecule has 178 valence electrons. The zero-order valence-corrected chi connectivity index (χ0v) is 20.0. The predicted octanol–water partition coefficient (Wildman–Crippen LogP) is 3.17. The lowest BCUT2D eigenvalue weighted by molar-refractivity contribution is -0.118. The molecule has 0 bridgehead atoms. The third-order valence-electron chi connectivity index (χ3n) is 5.84. The van der Waals surface area contributed by atoms with Crippen LogP contribution in [0.4, 0.5) is 11.4 Å². The number of nitrogens with zero attached hydrogens (tertiary/aromatic N) is 1. The number of nitrogens with one attached hydrogen (secondary N) is 2. The van der Waals surface area contributed by atoms with Crippen LogP contribution in [0.2, 0.25) is 0 Å². The number of hydrogen-bond donors (Lipinski definition) is 3. The molecule has 4 N–H and O–H groups in total. The van der Waals surface area contributed by atoms with Crippen LogP contribution in [-0.2, 0) is 14.8 Å². The molecule has 0 saturated carbocycles. The van der Waals surface area contributed by atoms with Crippen molar-refractivity contribution in [2.24, 2.45) is 5.14 Å². The Hall–Kier alpha value is -2.91. The second kappa shape index (κ2) is 10.8. The Balaban J connectivity index is 1.76. The standard InChI is InChI=1S/C24H32N4O4S/c1-3-4-10-22(27-23(29)21-16-20(33(25,31)32)12-11-17(21)2)24(30)26-18-8-7-9-19(15-18)28-13-5-6-14-28/h7-9,11-12,15-16,22H,3-6,10,13-14H2,1-2H3,(H,26,30)(H,27,29)(H2,25,31,32). The van der Waals surface area contributed by atoms with Crippen LogP contribution in [0, 0.1) is 6.92 Å². The van der Waals surface area contributed by atoms with Gasteiger partial charge in [0.25, 0.3) is 5.91 Å². The molecular formula is C24H32N4O4S. The van der Waals surface area contributed by atoms with Gasteiger partial charge in [-0.3, -0.25) is 9.59 Å². The topological polar surface area (TPSA) is 122 Å². The van der Waals surface area contributed by atoms with Crippen molar-refractivity contribution in [3.8, 4) is 0 Å². The lowest BCUT2D eigenvalue weighted by atomic mass is 10.1. The van der Waals surface area contributed by atoms with Crippen LogP contribution in [-0.4, -0.2) is 39.4 Å². The summed E-state index contributed by atoms with van der Waals surface area (Å²) in [4.78, 5) is 28.2. The smallest absolute Gasteiger partial charge is 0.252 e. The van der Waals surface area contributed by atoms with Crippen LogP contribution in [0.5, 0.6) is 0 Å². The third-order valence-corrected chi connectivity index (χ3v) is 6.75. The van der Waals surface area contributed by atoms with Crippen molar-refractivity contribution in [2.75, 3.05) is 23.3 Å². The van der Waals surface area contributed by atoms with Gasteiger partial charge in [-0.25, -0.2) is 13.6 Å². The molecule has 0 aromatic heterocycles. The number of carbonyl (C=O) groups excluding carboxylic acids is 2. The first-order chi connectivity index (χ1) is 15.7. The first-order valence-electron chi connectivity index (χ1n) is 11.3. The van der Waals surface area contributed by atoms with Crippen molar-refractivity contribution in [2.45, 2.75) is 56.9 Å². The molecule has 8 nitrogen and oxygen atoms in total. The number of rotatable bonds is 9. The predicted molar refractivity (Wildman–Crippen MR) is 130 cm³/mol. The van der Waals surface area contributed by atoms with Crippen LogP contribution in [0.3, 0.4) is 0 Å². The average molecular weight is 473 g/mol. The van der Waals surface area contributed by atoms with E-state index < -0.39 is 22.0 Å². The van der Waals surface area contributed by atoms with E-state index in [-0.39, 0.29) is 16.4 Å². The molecule has 1 saturated heterocycles. The molecule has 1 unspecified atom stereocenters. The number of anilines is 2. The number of amides is 2. The van der Waals surface area contributed by atoms with Gasteiger partial charge in [0.2, 0.25) is 15.9 Å². The molecule has 2 aromatic carbocycles. The average Bonchev–Trinajstić information content (AvgIpc) is 3.31. The molecule has 0 aliphatic carbocycles. The minimum absolute atomic E-state index is 0.147. The second-order valence-electron chi connectivity index (χ2n) is 8.42. The summed E-state index contributed by atoms with van der Waals surface area (Å²) in [6.45, 7) is 5.72. The third kappa shape index (κ3) is 6.55. The molecule has 1 atom stereocenters. The van der Waals surface area contributed by atoms with Crippen molar-refractivity contribution in [3.05, 3.63) is 53.6 Å². The van der Waals surface area contributed by atoms with Crippen LogP contribution in [0.15, 0.2) is 47.4 Å². The number of sulfonamides is 1. The molecule has 9 heteroatoms. The summed E-state index contributed by atoms with van der Waals surface area (Å²) in [6, 6.07) is 11.1. The minimum atomic E-state index is -3.95. The van der Waals surface area contributed by atoms with E-state index in [2.05, 4.69) is 15.5 Å². The summed E-state index contributed by atoms with van der Waals surface area (Å²) in [6.07, 6.45) is 4.40. The molecule has 1 fully saturated rings. The zero-order valence-electron chi connectivity index (χ0n) is 19.1. The lowest BCUT2D eigenvalue weighted by Gasteiger charge is -2.21. The van der Waals surface area contributed by atoms with Gasteiger partial charge in [-0.05, 0) is 62.1 Å². The highest BCUT2D eigenvalue weighted by molar-refractivity contribution is 7.89. The highest BCUT2D eigenvalue weighted by Crippen LogP contribution is 2.23. The largest absolute Gasteiger partial charge is 0.371 e. The minimum Gasteiger partial charge on any atom is -0.371 e. The van der Waals surface area contributed by atoms with Crippen molar-refractivity contribution in [1.29, 1.82) is 0 Å². The Morgan fingerprint density at radius 3 is 2.52 bits per heavy atom. The maximum absolute atomic E-state index is 13.1. The zero-order chi connectivity index (χ0) is 24.0. The maximum Gasteiger partial charge on any atom is 0.252 e. The molecule has 33 heavy (non-hydrogen) atoms. The highest BCUT2D eigenvalue weighted by Gasteiger charge is 2.23. The van der Waals surface area contributed by atoms with Gasteiger partial charge in [-0.15, -0.1) is 0 Å². The van der Waals surface area contributed by atoms with Crippen LogP contribution in [0.25, 0.3) is 0 Å². The summed E-state index contributed by atoms with van der Waals surface area (Å²) >= 11 is 0. The van der Waals surface area contributed by atoms with Gasteiger partial charge in [-0.2, -0.15) is 0 Å². The summed E-state index contributed by atoms with van der Waals surface area (Å²) in [5.74, 6) is -0.823. The Labute approximate surface area is 195 Å². The molecule has 2 aromatic rings. The summed E-state index contributed by atoms with van der Waals surface area (Å²) in [5, 5.41) is 10.9. The van der Waals surface area contributed by atoms with E-state index in [9.17, 15) is 18.0 Å². The molecule has 1 aliphatic rings. The van der Waals surface area contributed by atoms with Gasteiger partial charge in [0.15, 0.2) is 0 Å². The molecule has 2 amide bonds. The van der Waals surface area contributed by atoms with Gasteiger partial charge in [0, 0.05) is 30.0 Å². The van der Waals surface area contributed by atoms with E-state index in [1.165, 1.54) is 18.2 Å². The van der Waals surface area contributed by atoms with Crippen molar-refractivity contribution in [1.82, 2.24) is 5.32 Å². The Kier molecular flexibility index (Phi) is 8.10. The Morgan fingerprint density at radius 1 is 1.12 bits per heavy atom. The Morgan fingerprint density at radius 2 is 1.85 bits per heavy atom. The number of nitrogens with two attached hydrogens (primary N) is 1. The maximum atomic E-state index is 13.1. The van der Waals surface area contributed by atoms with E-state index in [4.69, 9.17) is 5.14 Å². The summed E-state index contributed by atoms with van der Waals surface area (Å²) in [7, 11) is -3.95. The number of benzene rings is 2. The number of hydrogen-bond acceptors (Lipinski definition) is 5. The first-order valence-corrected chi connectivity index (χ1v) is 12.8. The van der Waals surface area contributed by atoms with Crippen LogP contribution < -0.4 is 20.7 Å². The van der Waals surface area contributed by atoms with Gasteiger partial charge >= 0.3 is 0 Å². The van der Waals surface area contributed by atoms with E-state index in [0.717, 1.165) is 44.5 Å². The van der Waals surface area contributed by atoms with E-state index in [0.29, 0.717) is 17.7 Å². The van der Waals surface area contributed by atoms with E-state index in [1.54, 1.807) is 6.92 Å². The second-order valence-corrected chi connectivity index (χ2v) is 9.99. The van der Waals surface area contributed by atoms with Crippen molar-refractivity contribution in [3.63, 3.8) is 0 Å². The molecule has 1 aliphatic heterocycles. The molecular weight excluding hydrogens is 440 g/mol. The molecule has 0 radical (unpaired) electrons. The van der Waals surface area contributed by atoms with Crippen molar-refractivity contribution >= 4 is 33.2 Å². The van der Waals surface area contributed by atoms with Crippen LogP contribution in [0.1, 0.15) is 54.9 Å². The quantitative estimate of drug-likeness (QED) is 0.517. The fourth-order valence-corrected chi connectivity index (χ4v) is 4.46. The van der Waals surface area contributed by atoms with Gasteiger partial charge in [0.05, 0.1) is 4.90 Å². The molecule has 0 spiro atoms. The monoisotopic (exact) mass is 472 g/mol. The van der Waals surface area contributed by atoms with Crippen LogP contribution >= 0.6 is 0 Å². The lowest BCUT2D eigenvalue weighted by Crippen LogP contribution is -2.44. The fraction of sp³-hybridized carbons (Fsp3) is 0.417. The Bertz CT molecular complexity index is 1110. The first kappa shape index (κ1) is 24.7. The SMILES string of the molecule is CCCCC(NC(=O)c1cc(S(N)(=O)=O)ccc1C)C(=O)Nc1cccc(N2CCCC2)c1. The molecule has 3 rings (SSSR count). The number of unbranched alkanes of at least 4 members (excludes halogenated alkanes) is 1. The number of carbonyl (C=O) groups is 2. The fourth-order valence-electron chi connectivity index (χ4n) is 3.92. The molecule has 1 heterocycles. The van der Waals surface area contributed by atoms with Gasteiger partial charge in [0.1, 0.15) is 6.04 Å². The normalized spacial score (nSPS) is 14.7. The summed E-state index contributed by atoms with van der Waals surface area (Å²) < 4.78 is 23.4.